The van der Waals surface area contributed by atoms with Crippen LogP contribution in [0, 0.1) is 11.8 Å². The van der Waals surface area contributed by atoms with Gasteiger partial charge in [-0.1, -0.05) is 65.7 Å². The van der Waals surface area contributed by atoms with Crippen molar-refractivity contribution in [1.82, 2.24) is 0 Å². The van der Waals surface area contributed by atoms with Gasteiger partial charge >= 0.3 is 12.2 Å². The zero-order valence-corrected chi connectivity index (χ0v) is 30.1. The van der Waals surface area contributed by atoms with Crippen LogP contribution >= 0.6 is 11.6 Å². The van der Waals surface area contributed by atoms with Crippen molar-refractivity contribution in [2.75, 3.05) is 5.88 Å². The number of primary amides is 2. The number of rotatable bonds is 9. The van der Waals surface area contributed by atoms with Gasteiger partial charge in [0, 0.05) is 28.1 Å². The van der Waals surface area contributed by atoms with Gasteiger partial charge in [-0.2, -0.15) is 0 Å². The minimum atomic E-state index is -0.938. The van der Waals surface area contributed by atoms with E-state index in [0.717, 1.165) is 57.8 Å². The standard InChI is InChI=1S/C38H57ClN2O8/c1-4-5-14-25-15-8-6-12-23(2)36(49-38(41)47)28-21-31(44)34(32(45)22-28)26(17-10-11-18-39)16-9-7-13-24(3)35(48-37(40)46)27-19-29(42)33(25)30(43)20-27/h19-26,35-36,42-45H,4-18H2,1-3H3,(H2,40,46)(H2,41,47)/t23-,24-,25-,26-,35+,36+/m0/s1. The molecule has 0 spiro atoms. The second kappa shape index (κ2) is 19.6. The van der Waals surface area contributed by atoms with E-state index in [2.05, 4.69) is 6.92 Å². The molecule has 0 saturated heterocycles. The highest BCUT2D eigenvalue weighted by molar-refractivity contribution is 6.17. The summed E-state index contributed by atoms with van der Waals surface area (Å²) >= 11 is 5.97. The molecule has 0 aliphatic heterocycles. The molecule has 11 heteroatoms. The Labute approximate surface area is 296 Å². The second-order valence-electron chi connectivity index (χ2n) is 13.9. The fraction of sp³-hybridized carbons (Fsp3) is 0.632. The maximum Gasteiger partial charge on any atom is 0.405 e. The second-order valence-corrected chi connectivity index (χ2v) is 14.3. The van der Waals surface area contributed by atoms with E-state index in [4.69, 9.17) is 32.5 Å². The van der Waals surface area contributed by atoms with Crippen LogP contribution in [0.2, 0.25) is 0 Å². The predicted molar refractivity (Wildman–Crippen MR) is 191 cm³/mol. The van der Waals surface area contributed by atoms with Crippen LogP contribution in [0.1, 0.15) is 157 Å². The summed E-state index contributed by atoms with van der Waals surface area (Å²) < 4.78 is 11.1. The SMILES string of the molecule is CCCC[C@H]1CCCC[C@H](C)[C@@H](OC(N)=O)c2cc(O)c(c(O)c2)[C@H](CCCCCl)CCCC[C@H](C)[C@@H](OC(N)=O)c2cc(O)c1c(O)c2. The minimum absolute atomic E-state index is 0.0331. The van der Waals surface area contributed by atoms with Crippen LogP contribution in [-0.4, -0.2) is 38.5 Å². The number of hydrogen-bond acceptors (Lipinski definition) is 8. The molecule has 6 rings (SSSR count). The highest BCUT2D eigenvalue weighted by Gasteiger charge is 2.30. The zero-order chi connectivity index (χ0) is 36.1. The van der Waals surface area contributed by atoms with E-state index in [1.807, 2.05) is 13.8 Å². The average Bonchev–Trinajstić information content (AvgIpc) is 3.03. The molecule has 2 aromatic carbocycles. The maximum atomic E-state index is 12.0. The van der Waals surface area contributed by atoms with Crippen LogP contribution in [0.5, 0.6) is 23.0 Å². The van der Waals surface area contributed by atoms with Gasteiger partial charge in [0.1, 0.15) is 35.2 Å². The Bertz CT molecular complexity index is 1330. The molecule has 4 bridgehead atoms. The molecule has 2 amide bonds. The van der Waals surface area contributed by atoms with Crippen molar-refractivity contribution in [3.63, 3.8) is 0 Å². The number of phenolic OH excluding ortho intramolecular Hbond substituents is 4. The Kier molecular flexibility index (Phi) is 16.0. The highest BCUT2D eigenvalue weighted by Crippen LogP contribution is 2.46. The lowest BCUT2D eigenvalue weighted by Crippen LogP contribution is -2.22. The molecule has 2 aromatic rings. The van der Waals surface area contributed by atoms with Crippen molar-refractivity contribution < 1.29 is 39.5 Å². The van der Waals surface area contributed by atoms with Gasteiger partial charge in [-0.25, -0.2) is 9.59 Å². The number of ether oxygens (including phenoxy) is 2. The fourth-order valence-corrected chi connectivity index (χ4v) is 7.74. The Morgan fingerprint density at radius 1 is 0.673 bits per heavy atom. The number of amides is 2. The van der Waals surface area contributed by atoms with Gasteiger partial charge in [-0.05, 0) is 92.9 Å². The van der Waals surface area contributed by atoms with Crippen molar-refractivity contribution in [1.29, 1.82) is 0 Å². The summed E-state index contributed by atoms with van der Waals surface area (Å²) in [7, 11) is 0. The lowest BCUT2D eigenvalue weighted by molar-refractivity contribution is 0.0683. The molecule has 10 nitrogen and oxygen atoms in total. The van der Waals surface area contributed by atoms with Crippen molar-refractivity contribution in [2.24, 2.45) is 23.3 Å². The van der Waals surface area contributed by atoms with Crippen LogP contribution in [0.4, 0.5) is 9.59 Å². The highest BCUT2D eigenvalue weighted by atomic mass is 35.5. The Morgan fingerprint density at radius 2 is 1.04 bits per heavy atom. The van der Waals surface area contributed by atoms with Crippen molar-refractivity contribution >= 4 is 23.8 Å². The van der Waals surface area contributed by atoms with Crippen LogP contribution in [0.3, 0.4) is 0 Å². The van der Waals surface area contributed by atoms with Crippen LogP contribution in [0.25, 0.3) is 0 Å². The average molecular weight is 705 g/mol. The summed E-state index contributed by atoms with van der Waals surface area (Å²) in [6, 6.07) is 6.31. The van der Waals surface area contributed by atoms with E-state index in [9.17, 15) is 30.0 Å². The minimum Gasteiger partial charge on any atom is -0.508 e. The first-order valence-corrected chi connectivity index (χ1v) is 18.5. The van der Waals surface area contributed by atoms with Gasteiger partial charge in [0.05, 0.1) is 0 Å². The van der Waals surface area contributed by atoms with Gasteiger partial charge in [0.15, 0.2) is 0 Å². The zero-order valence-electron chi connectivity index (χ0n) is 29.3. The first kappa shape index (κ1) is 39.9. The van der Waals surface area contributed by atoms with Gasteiger partial charge in [-0.3, -0.25) is 0 Å². The number of carbonyl (C=O) groups is 2. The van der Waals surface area contributed by atoms with Gasteiger partial charge in [-0.15, -0.1) is 11.6 Å². The Morgan fingerprint density at radius 3 is 1.39 bits per heavy atom. The molecule has 49 heavy (non-hydrogen) atoms. The first-order valence-electron chi connectivity index (χ1n) is 18.0. The van der Waals surface area contributed by atoms with Gasteiger partial charge < -0.3 is 41.4 Å². The number of nitrogens with two attached hydrogens (primary N) is 2. The number of unbranched alkanes of at least 4 members (excludes halogenated alkanes) is 2. The molecule has 0 saturated carbocycles. The molecule has 0 radical (unpaired) electrons. The molecule has 0 unspecified atom stereocenters. The van der Waals surface area contributed by atoms with Gasteiger partial charge in [0.25, 0.3) is 0 Å². The third kappa shape index (κ3) is 11.5. The molecule has 0 heterocycles. The molecular weight excluding hydrogens is 648 g/mol. The fourth-order valence-electron chi connectivity index (χ4n) is 7.55. The molecule has 4 aliphatic carbocycles. The third-order valence-corrected chi connectivity index (χ3v) is 10.3. The predicted octanol–water partition coefficient (Wildman–Crippen LogP) is 9.66. The monoisotopic (exact) mass is 704 g/mol. The number of carbonyl (C=O) groups excluding carboxylic acids is 2. The topological polar surface area (TPSA) is 186 Å². The van der Waals surface area contributed by atoms with E-state index in [0.29, 0.717) is 60.2 Å². The van der Waals surface area contributed by atoms with Crippen molar-refractivity contribution in [2.45, 2.75) is 135 Å². The molecule has 6 atom stereocenters. The number of hydrogen-bond donors (Lipinski definition) is 6. The number of phenols is 4. The van der Waals surface area contributed by atoms with E-state index < -0.39 is 24.4 Å². The van der Waals surface area contributed by atoms with E-state index >= 15 is 0 Å². The Balaban J connectivity index is 2.04. The van der Waals surface area contributed by atoms with Crippen LogP contribution < -0.4 is 11.5 Å². The molecule has 274 valence electrons. The Hall–Kier alpha value is -3.53. The lowest BCUT2D eigenvalue weighted by atomic mass is 9.83. The molecule has 0 aromatic heterocycles. The number of aromatic hydroxyl groups is 4. The summed E-state index contributed by atoms with van der Waals surface area (Å²) in [5.41, 5.74) is 12.8. The van der Waals surface area contributed by atoms with Crippen LogP contribution in [0.15, 0.2) is 24.3 Å². The molecule has 8 N–H and O–H groups in total. The quantitative estimate of drug-likeness (QED) is 0.110. The number of benzene rings is 2. The normalized spacial score (nSPS) is 24.1. The number of alkyl halides is 1. The maximum absolute atomic E-state index is 12.0. The van der Waals surface area contributed by atoms with Gasteiger partial charge in [0.2, 0.25) is 0 Å². The molecule has 0 fully saturated rings. The summed E-state index contributed by atoms with van der Waals surface area (Å²) in [4.78, 5) is 24.0. The van der Waals surface area contributed by atoms with Crippen molar-refractivity contribution in [3.8, 4) is 23.0 Å². The number of halogens is 1. The summed E-state index contributed by atoms with van der Waals surface area (Å²) in [6.07, 6.45) is 7.23. The van der Waals surface area contributed by atoms with Crippen LogP contribution in [-0.2, 0) is 9.47 Å². The summed E-state index contributed by atoms with van der Waals surface area (Å²) in [5, 5.41) is 45.2. The lowest BCUT2D eigenvalue weighted by Gasteiger charge is -2.28. The van der Waals surface area contributed by atoms with E-state index in [-0.39, 0.29) is 46.7 Å². The molecule has 4 aliphatic rings. The third-order valence-electron chi connectivity index (χ3n) is 10.1. The first-order chi connectivity index (χ1) is 23.4. The largest absolute Gasteiger partial charge is 0.508 e. The van der Waals surface area contributed by atoms with E-state index in [1.165, 1.54) is 0 Å². The van der Waals surface area contributed by atoms with Crippen molar-refractivity contribution in [3.05, 3.63) is 46.5 Å². The smallest absolute Gasteiger partial charge is 0.405 e. The summed E-state index contributed by atoms with van der Waals surface area (Å²) in [5.74, 6) is -0.295. The summed E-state index contributed by atoms with van der Waals surface area (Å²) in [6.45, 7) is 5.98. The van der Waals surface area contributed by atoms with E-state index in [1.54, 1.807) is 24.3 Å². The molecular formula is C38H57ClN2O8.